The molecule has 2 aromatic heterocycles. The number of hydrogen-bond acceptors (Lipinski definition) is 3. The van der Waals surface area contributed by atoms with Crippen LogP contribution in [0.3, 0.4) is 0 Å². The summed E-state index contributed by atoms with van der Waals surface area (Å²) < 4.78 is 0. The fourth-order valence-electron chi connectivity index (χ4n) is 3.82. The second kappa shape index (κ2) is 6.26. The summed E-state index contributed by atoms with van der Waals surface area (Å²) in [5.74, 6) is -0.264. The Morgan fingerprint density at radius 2 is 2.00 bits per heavy atom. The number of hydrogen-bond donors (Lipinski definition) is 3. The number of nitrogens with one attached hydrogen (secondary N) is 3. The molecule has 6 nitrogen and oxygen atoms in total. The summed E-state index contributed by atoms with van der Waals surface area (Å²) in [6.07, 6.45) is 9.56. The van der Waals surface area contributed by atoms with Crippen LogP contribution in [0.1, 0.15) is 58.6 Å². The van der Waals surface area contributed by atoms with Crippen molar-refractivity contribution in [3.05, 3.63) is 50.7 Å². The summed E-state index contributed by atoms with van der Waals surface area (Å²) in [5, 5.41) is 10.1. The lowest BCUT2D eigenvalue weighted by atomic mass is 9.93. The molecule has 0 spiro atoms. The van der Waals surface area contributed by atoms with Crippen LogP contribution in [0.5, 0.6) is 0 Å². The first-order valence-electron chi connectivity index (χ1n) is 8.78. The molecule has 2 aliphatic rings. The van der Waals surface area contributed by atoms with E-state index in [2.05, 4.69) is 20.5 Å². The Labute approximate surface area is 140 Å². The number of carbonyl (C=O) groups is 1. The molecule has 4 rings (SSSR count). The van der Waals surface area contributed by atoms with Gasteiger partial charge in [0.1, 0.15) is 5.56 Å². The predicted molar refractivity (Wildman–Crippen MR) is 90.2 cm³/mol. The third-order valence-electron chi connectivity index (χ3n) is 5.18. The Balaban J connectivity index is 1.52. The zero-order valence-corrected chi connectivity index (χ0v) is 13.7. The third kappa shape index (κ3) is 2.88. The Kier molecular flexibility index (Phi) is 3.96. The molecular formula is C18H22N4O2. The van der Waals surface area contributed by atoms with Gasteiger partial charge in [-0.1, -0.05) is 6.42 Å². The summed E-state index contributed by atoms with van der Waals surface area (Å²) in [6, 6.07) is 1.86. The maximum Gasteiger partial charge on any atom is 0.261 e. The number of aromatic nitrogens is 3. The van der Waals surface area contributed by atoms with E-state index in [-0.39, 0.29) is 23.1 Å². The van der Waals surface area contributed by atoms with Crippen molar-refractivity contribution in [2.24, 2.45) is 0 Å². The molecule has 126 valence electrons. The van der Waals surface area contributed by atoms with Crippen molar-refractivity contribution in [1.29, 1.82) is 0 Å². The molecule has 2 aromatic rings. The average Bonchev–Trinajstić information content (AvgIpc) is 2.91. The van der Waals surface area contributed by atoms with E-state index in [1.807, 2.05) is 6.20 Å². The molecule has 0 saturated carbocycles. The van der Waals surface area contributed by atoms with Crippen LogP contribution in [0, 0.1) is 0 Å². The molecular weight excluding hydrogens is 304 g/mol. The van der Waals surface area contributed by atoms with Gasteiger partial charge in [-0.05, 0) is 62.1 Å². The number of aryl methyl sites for hydroxylation is 3. The van der Waals surface area contributed by atoms with Crippen molar-refractivity contribution in [2.45, 2.75) is 57.4 Å². The van der Waals surface area contributed by atoms with Gasteiger partial charge in [0.25, 0.3) is 11.5 Å². The SMILES string of the molecule is O=C(NC1CCc2[nH]ncc2C1)c1cc2c([nH]c1=O)CCCCC2. The first-order valence-corrected chi connectivity index (χ1v) is 8.78. The maximum absolute atomic E-state index is 12.6. The lowest BCUT2D eigenvalue weighted by molar-refractivity contribution is 0.0932. The number of aromatic amines is 2. The number of amides is 1. The summed E-state index contributed by atoms with van der Waals surface area (Å²) in [5.41, 5.74) is 4.42. The highest BCUT2D eigenvalue weighted by Gasteiger charge is 2.23. The molecule has 2 heterocycles. The minimum Gasteiger partial charge on any atom is -0.349 e. The van der Waals surface area contributed by atoms with Gasteiger partial charge in [0.15, 0.2) is 0 Å². The number of fused-ring (bicyclic) bond motifs is 2. The maximum atomic E-state index is 12.6. The molecule has 2 aliphatic carbocycles. The van der Waals surface area contributed by atoms with E-state index in [9.17, 15) is 9.59 Å². The molecule has 0 bridgehead atoms. The molecule has 0 fully saturated rings. The average molecular weight is 326 g/mol. The summed E-state index contributed by atoms with van der Waals surface area (Å²) in [7, 11) is 0. The minimum absolute atomic E-state index is 0.0563. The van der Waals surface area contributed by atoms with E-state index in [4.69, 9.17) is 0 Å². The standard InChI is InChI=1S/C18H22N4O2/c23-17(20-13-6-7-16-12(8-13)10-19-22-16)14-9-11-4-2-1-3-5-15(11)21-18(14)24/h9-10,13H,1-8H2,(H,19,22)(H,20,23)(H,21,24). The van der Waals surface area contributed by atoms with E-state index < -0.39 is 0 Å². The predicted octanol–water partition coefficient (Wildman–Crippen LogP) is 1.65. The monoisotopic (exact) mass is 326 g/mol. The van der Waals surface area contributed by atoms with Gasteiger partial charge in [0, 0.05) is 17.4 Å². The highest BCUT2D eigenvalue weighted by atomic mass is 16.2. The molecule has 1 amide bonds. The number of H-pyrrole nitrogens is 2. The molecule has 1 unspecified atom stereocenters. The van der Waals surface area contributed by atoms with E-state index in [1.165, 1.54) is 6.42 Å². The number of carbonyl (C=O) groups excluding carboxylic acids is 1. The van der Waals surface area contributed by atoms with Crippen molar-refractivity contribution in [2.75, 3.05) is 0 Å². The number of rotatable bonds is 2. The molecule has 3 N–H and O–H groups in total. The minimum atomic E-state index is -0.270. The molecule has 24 heavy (non-hydrogen) atoms. The van der Waals surface area contributed by atoms with E-state index in [1.54, 1.807) is 6.07 Å². The zero-order valence-electron chi connectivity index (χ0n) is 13.7. The van der Waals surface area contributed by atoms with Gasteiger partial charge in [-0.3, -0.25) is 14.7 Å². The highest BCUT2D eigenvalue weighted by Crippen LogP contribution is 2.20. The topological polar surface area (TPSA) is 90.6 Å². The fourth-order valence-corrected chi connectivity index (χ4v) is 3.82. The van der Waals surface area contributed by atoms with Crippen molar-refractivity contribution >= 4 is 5.91 Å². The van der Waals surface area contributed by atoms with E-state index in [0.29, 0.717) is 0 Å². The van der Waals surface area contributed by atoms with Gasteiger partial charge in [-0.25, -0.2) is 0 Å². The smallest absolute Gasteiger partial charge is 0.261 e. The Bertz CT molecular complexity index is 821. The van der Waals surface area contributed by atoms with Crippen LogP contribution in [0.25, 0.3) is 0 Å². The first-order chi connectivity index (χ1) is 11.7. The van der Waals surface area contributed by atoms with Crippen LogP contribution >= 0.6 is 0 Å². The first kappa shape index (κ1) is 15.2. The number of nitrogens with zero attached hydrogens (tertiary/aromatic N) is 1. The van der Waals surface area contributed by atoms with Crippen molar-refractivity contribution < 1.29 is 4.79 Å². The molecule has 0 aliphatic heterocycles. The molecule has 0 saturated heterocycles. The van der Waals surface area contributed by atoms with Crippen molar-refractivity contribution in [1.82, 2.24) is 20.5 Å². The lowest BCUT2D eigenvalue weighted by Crippen LogP contribution is -2.41. The third-order valence-corrected chi connectivity index (χ3v) is 5.18. The normalized spacial score (nSPS) is 19.9. The summed E-state index contributed by atoms with van der Waals surface area (Å²) in [4.78, 5) is 27.8. The zero-order chi connectivity index (χ0) is 16.5. The van der Waals surface area contributed by atoms with Crippen LogP contribution in [-0.4, -0.2) is 27.1 Å². The van der Waals surface area contributed by atoms with Crippen molar-refractivity contribution in [3.8, 4) is 0 Å². The lowest BCUT2D eigenvalue weighted by Gasteiger charge is -2.22. The number of pyridine rings is 1. The Morgan fingerprint density at radius 3 is 2.92 bits per heavy atom. The van der Waals surface area contributed by atoms with Crippen molar-refractivity contribution in [3.63, 3.8) is 0 Å². The van der Waals surface area contributed by atoms with Crippen LogP contribution < -0.4 is 10.9 Å². The van der Waals surface area contributed by atoms with Gasteiger partial charge in [-0.2, -0.15) is 5.10 Å². The van der Waals surface area contributed by atoms with Crippen LogP contribution in [0.15, 0.2) is 17.1 Å². The molecule has 0 aromatic carbocycles. The summed E-state index contributed by atoms with van der Waals surface area (Å²) >= 11 is 0. The summed E-state index contributed by atoms with van der Waals surface area (Å²) in [6.45, 7) is 0. The van der Waals surface area contributed by atoms with Gasteiger partial charge in [-0.15, -0.1) is 0 Å². The second-order valence-electron chi connectivity index (χ2n) is 6.86. The van der Waals surface area contributed by atoms with Gasteiger partial charge in [0.05, 0.1) is 6.20 Å². The van der Waals surface area contributed by atoms with Gasteiger partial charge < -0.3 is 10.3 Å². The fraction of sp³-hybridized carbons (Fsp3) is 0.500. The van der Waals surface area contributed by atoms with Crippen LogP contribution in [0.4, 0.5) is 0 Å². The quantitative estimate of drug-likeness (QED) is 0.733. The van der Waals surface area contributed by atoms with Gasteiger partial charge >= 0.3 is 0 Å². The second-order valence-corrected chi connectivity index (χ2v) is 6.86. The van der Waals surface area contributed by atoms with Crippen LogP contribution in [-0.2, 0) is 25.7 Å². The van der Waals surface area contributed by atoms with Gasteiger partial charge in [0.2, 0.25) is 0 Å². The Morgan fingerprint density at radius 1 is 1.12 bits per heavy atom. The molecule has 6 heteroatoms. The molecule has 0 radical (unpaired) electrons. The largest absolute Gasteiger partial charge is 0.349 e. The van der Waals surface area contributed by atoms with E-state index >= 15 is 0 Å². The highest BCUT2D eigenvalue weighted by molar-refractivity contribution is 5.94. The van der Waals surface area contributed by atoms with E-state index in [0.717, 1.165) is 67.5 Å². The van der Waals surface area contributed by atoms with Crippen LogP contribution in [0.2, 0.25) is 0 Å². The Hall–Kier alpha value is -2.37. The molecule has 1 atom stereocenters.